The summed E-state index contributed by atoms with van der Waals surface area (Å²) in [6.07, 6.45) is 2.68. The molecule has 28 heavy (non-hydrogen) atoms. The third kappa shape index (κ3) is 3.40. The van der Waals surface area contributed by atoms with Crippen LogP contribution in [0.2, 0.25) is 0 Å². The number of pyridine rings is 1. The molecule has 0 radical (unpaired) electrons. The first-order valence-electron chi connectivity index (χ1n) is 9.07. The maximum absolute atomic E-state index is 14.3. The minimum Gasteiger partial charge on any atom is -0.480 e. The van der Waals surface area contributed by atoms with Crippen LogP contribution in [0.3, 0.4) is 0 Å². The van der Waals surface area contributed by atoms with E-state index < -0.39 is 17.4 Å². The molecule has 144 valence electrons. The molecule has 2 aromatic heterocycles. The number of halogens is 2. The number of hydrogen-bond donors (Lipinski definition) is 1. The Kier molecular flexibility index (Phi) is 4.90. The molecule has 3 aromatic rings. The maximum atomic E-state index is 14.3. The monoisotopic (exact) mass is 382 g/mol. The third-order valence-electron chi connectivity index (χ3n) is 5.10. The molecule has 1 aromatic carbocycles. The topological polar surface area (TPSA) is 59.9 Å². The van der Waals surface area contributed by atoms with E-state index >= 15 is 0 Å². The van der Waals surface area contributed by atoms with Crippen LogP contribution < -0.4 is 10.1 Å². The summed E-state index contributed by atoms with van der Waals surface area (Å²) in [6.45, 7) is 0.287. The van der Waals surface area contributed by atoms with Crippen molar-refractivity contribution >= 4 is 5.95 Å². The molecule has 1 fully saturated rings. The van der Waals surface area contributed by atoms with Crippen molar-refractivity contribution in [3.05, 3.63) is 66.4 Å². The third-order valence-corrected chi connectivity index (χ3v) is 5.10. The number of hydrogen-bond acceptors (Lipinski definition) is 5. The molecule has 1 saturated carbocycles. The number of anilines is 1. The van der Waals surface area contributed by atoms with Gasteiger partial charge in [0.15, 0.2) is 0 Å². The predicted octanol–water partition coefficient (Wildman–Crippen LogP) is 4.17. The Morgan fingerprint density at radius 3 is 2.61 bits per heavy atom. The second kappa shape index (κ2) is 7.50. The SMILES string of the molecule is COc1nc(NC[C@]2(c3ncccc3F)C[C@H](F)C2)ncc1-c1ccccc1. The minimum atomic E-state index is -0.959. The summed E-state index contributed by atoms with van der Waals surface area (Å²) in [4.78, 5) is 12.9. The lowest BCUT2D eigenvalue weighted by atomic mass is 9.65. The van der Waals surface area contributed by atoms with E-state index in [0.29, 0.717) is 11.8 Å². The van der Waals surface area contributed by atoms with Crippen LogP contribution in [-0.2, 0) is 5.41 Å². The molecule has 0 spiro atoms. The van der Waals surface area contributed by atoms with Gasteiger partial charge in [0.05, 0.1) is 18.4 Å². The van der Waals surface area contributed by atoms with Gasteiger partial charge in [0.25, 0.3) is 0 Å². The van der Waals surface area contributed by atoms with Gasteiger partial charge < -0.3 is 10.1 Å². The highest BCUT2D eigenvalue weighted by Gasteiger charge is 2.48. The summed E-state index contributed by atoms with van der Waals surface area (Å²) in [6, 6.07) is 12.6. The van der Waals surface area contributed by atoms with E-state index in [9.17, 15) is 8.78 Å². The quantitative estimate of drug-likeness (QED) is 0.693. The second-order valence-corrected chi connectivity index (χ2v) is 6.96. The summed E-state index contributed by atoms with van der Waals surface area (Å²) in [5.41, 5.74) is 1.28. The summed E-state index contributed by atoms with van der Waals surface area (Å²) < 4.78 is 33.3. The molecular weight excluding hydrogens is 362 g/mol. The van der Waals surface area contributed by atoms with E-state index in [4.69, 9.17) is 4.74 Å². The number of aromatic nitrogens is 3. The van der Waals surface area contributed by atoms with Crippen molar-refractivity contribution in [3.8, 4) is 17.0 Å². The van der Waals surface area contributed by atoms with Crippen molar-refractivity contribution in [3.63, 3.8) is 0 Å². The van der Waals surface area contributed by atoms with E-state index in [1.165, 1.54) is 18.3 Å². The molecule has 0 unspecified atom stereocenters. The summed E-state index contributed by atoms with van der Waals surface area (Å²) in [7, 11) is 1.54. The number of ether oxygens (including phenoxy) is 1. The zero-order chi connectivity index (χ0) is 19.6. The van der Waals surface area contributed by atoms with Crippen LogP contribution in [0.1, 0.15) is 18.5 Å². The highest BCUT2D eigenvalue weighted by molar-refractivity contribution is 5.68. The van der Waals surface area contributed by atoms with E-state index in [1.807, 2.05) is 30.3 Å². The molecule has 7 heteroatoms. The van der Waals surface area contributed by atoms with Crippen molar-refractivity contribution in [2.45, 2.75) is 24.4 Å². The molecule has 0 saturated heterocycles. The van der Waals surface area contributed by atoms with Gasteiger partial charge in [-0.1, -0.05) is 30.3 Å². The number of alkyl halides is 1. The average molecular weight is 382 g/mol. The summed E-state index contributed by atoms with van der Waals surface area (Å²) in [5.74, 6) is 0.349. The van der Waals surface area contributed by atoms with E-state index in [1.54, 1.807) is 13.3 Å². The number of rotatable bonds is 6. The maximum Gasteiger partial charge on any atom is 0.226 e. The van der Waals surface area contributed by atoms with Gasteiger partial charge in [-0.2, -0.15) is 4.98 Å². The van der Waals surface area contributed by atoms with Gasteiger partial charge in [0.1, 0.15) is 12.0 Å². The van der Waals surface area contributed by atoms with Crippen molar-refractivity contribution in [1.82, 2.24) is 15.0 Å². The Labute approximate surface area is 161 Å². The molecule has 0 aliphatic heterocycles. The van der Waals surface area contributed by atoms with Gasteiger partial charge in [-0.05, 0) is 30.5 Å². The Morgan fingerprint density at radius 1 is 1.14 bits per heavy atom. The lowest BCUT2D eigenvalue weighted by Gasteiger charge is -2.43. The fourth-order valence-corrected chi connectivity index (χ4v) is 3.66. The van der Waals surface area contributed by atoms with E-state index in [-0.39, 0.29) is 25.1 Å². The van der Waals surface area contributed by atoms with Crippen LogP contribution in [0, 0.1) is 5.82 Å². The van der Waals surface area contributed by atoms with Gasteiger partial charge in [-0.3, -0.25) is 4.98 Å². The van der Waals surface area contributed by atoms with Crippen LogP contribution >= 0.6 is 0 Å². The van der Waals surface area contributed by atoms with Crippen LogP contribution in [-0.4, -0.2) is 34.8 Å². The van der Waals surface area contributed by atoms with Crippen molar-refractivity contribution < 1.29 is 13.5 Å². The molecule has 0 atom stereocenters. The lowest BCUT2D eigenvalue weighted by Crippen LogP contribution is -2.49. The number of nitrogens with one attached hydrogen (secondary N) is 1. The van der Waals surface area contributed by atoms with Crippen LogP contribution in [0.4, 0.5) is 14.7 Å². The average Bonchev–Trinajstić information content (AvgIpc) is 2.71. The van der Waals surface area contributed by atoms with Crippen LogP contribution in [0.5, 0.6) is 5.88 Å². The van der Waals surface area contributed by atoms with Gasteiger partial charge >= 0.3 is 0 Å². The number of methoxy groups -OCH3 is 1. The first-order valence-corrected chi connectivity index (χ1v) is 9.07. The van der Waals surface area contributed by atoms with Crippen molar-refractivity contribution in [2.75, 3.05) is 19.0 Å². The molecule has 0 bridgehead atoms. The highest BCUT2D eigenvalue weighted by Crippen LogP contribution is 2.45. The Morgan fingerprint density at radius 2 is 1.93 bits per heavy atom. The van der Waals surface area contributed by atoms with Gasteiger partial charge in [-0.15, -0.1) is 0 Å². The zero-order valence-corrected chi connectivity index (χ0v) is 15.4. The molecular formula is C21H20F2N4O. The summed E-state index contributed by atoms with van der Waals surface area (Å²) in [5, 5.41) is 3.11. The predicted molar refractivity (Wildman–Crippen MR) is 103 cm³/mol. The summed E-state index contributed by atoms with van der Waals surface area (Å²) >= 11 is 0. The van der Waals surface area contributed by atoms with E-state index in [2.05, 4.69) is 20.3 Å². The first kappa shape index (κ1) is 18.3. The van der Waals surface area contributed by atoms with Crippen molar-refractivity contribution in [2.24, 2.45) is 0 Å². The molecule has 4 rings (SSSR count). The normalized spacial score (nSPS) is 21.0. The first-order chi connectivity index (χ1) is 13.6. The lowest BCUT2D eigenvalue weighted by molar-refractivity contribution is 0.0963. The Balaban J connectivity index is 1.56. The largest absolute Gasteiger partial charge is 0.480 e. The van der Waals surface area contributed by atoms with E-state index in [0.717, 1.165) is 11.1 Å². The smallest absolute Gasteiger partial charge is 0.226 e. The van der Waals surface area contributed by atoms with Gasteiger partial charge in [0, 0.05) is 24.4 Å². The Bertz CT molecular complexity index is 962. The van der Waals surface area contributed by atoms with Crippen molar-refractivity contribution in [1.29, 1.82) is 0 Å². The standard InChI is InChI=1S/C21H20F2N4O/c1-28-19-16(14-6-3-2-4-7-14)12-25-20(27-19)26-13-21(10-15(22)11-21)18-17(23)8-5-9-24-18/h2-9,12,15H,10-11,13H2,1H3,(H,25,26,27)/t15-,21-. The fraction of sp³-hybridized carbons (Fsp3) is 0.286. The molecule has 1 aliphatic rings. The minimum absolute atomic E-state index is 0.215. The second-order valence-electron chi connectivity index (χ2n) is 6.96. The van der Waals surface area contributed by atoms with Crippen LogP contribution in [0.15, 0.2) is 54.9 Å². The number of benzene rings is 1. The number of nitrogens with zero attached hydrogens (tertiary/aromatic N) is 3. The highest BCUT2D eigenvalue weighted by atomic mass is 19.1. The molecule has 5 nitrogen and oxygen atoms in total. The molecule has 0 amide bonds. The molecule has 1 N–H and O–H groups in total. The zero-order valence-electron chi connectivity index (χ0n) is 15.4. The fourth-order valence-electron chi connectivity index (χ4n) is 3.66. The van der Waals surface area contributed by atoms with Gasteiger partial charge in [0.2, 0.25) is 11.8 Å². The van der Waals surface area contributed by atoms with Crippen LogP contribution in [0.25, 0.3) is 11.1 Å². The van der Waals surface area contributed by atoms with Gasteiger partial charge in [-0.25, -0.2) is 13.8 Å². The molecule has 2 heterocycles. The Hall–Kier alpha value is -3.09. The molecule has 1 aliphatic carbocycles.